The van der Waals surface area contributed by atoms with Crippen molar-refractivity contribution >= 4 is 11.6 Å². The number of amides is 1. The molecule has 0 saturated heterocycles. The lowest BCUT2D eigenvalue weighted by atomic mass is 10.1. The third-order valence-electron chi connectivity index (χ3n) is 3.91. The zero-order valence-corrected chi connectivity index (χ0v) is 14.1. The Balaban J connectivity index is 2.07. The number of hydrogen-bond acceptors (Lipinski definition) is 3. The van der Waals surface area contributed by atoms with Gasteiger partial charge in [0.15, 0.2) is 0 Å². The summed E-state index contributed by atoms with van der Waals surface area (Å²) in [5, 5.41) is 13.4. The van der Waals surface area contributed by atoms with Crippen molar-refractivity contribution in [1.29, 1.82) is 0 Å². The molecule has 0 spiro atoms. The van der Waals surface area contributed by atoms with Gasteiger partial charge in [-0.3, -0.25) is 14.9 Å². The summed E-state index contributed by atoms with van der Waals surface area (Å²) in [6, 6.07) is 5.69. The van der Waals surface area contributed by atoms with Gasteiger partial charge in [-0.25, -0.2) is 0 Å². The van der Waals surface area contributed by atoms with Gasteiger partial charge in [0, 0.05) is 24.2 Å². The van der Waals surface area contributed by atoms with E-state index in [1.54, 1.807) is 0 Å². The molecule has 128 valence electrons. The Morgan fingerprint density at radius 3 is 2.00 bits per heavy atom. The Hall–Kier alpha value is -1.91. The van der Waals surface area contributed by atoms with Crippen molar-refractivity contribution in [2.75, 3.05) is 6.54 Å². The molecule has 1 amide bonds. The Bertz CT molecular complexity index is 472. The minimum Gasteiger partial charge on any atom is -0.352 e. The van der Waals surface area contributed by atoms with Gasteiger partial charge >= 0.3 is 0 Å². The number of carbonyl (C=O) groups is 1. The molecule has 0 aliphatic carbocycles. The molecule has 23 heavy (non-hydrogen) atoms. The van der Waals surface area contributed by atoms with Crippen LogP contribution < -0.4 is 5.32 Å². The summed E-state index contributed by atoms with van der Waals surface area (Å²) in [5.74, 6) is -0.167. The smallest absolute Gasteiger partial charge is 0.269 e. The average molecular weight is 320 g/mol. The number of unbranched alkanes of at least 4 members (excludes halogenated alkanes) is 8. The molecule has 1 aromatic carbocycles. The quantitative estimate of drug-likeness (QED) is 0.340. The molecule has 0 unspecified atom stereocenters. The second kappa shape index (κ2) is 11.6. The molecule has 0 bridgehead atoms. The number of benzene rings is 1. The summed E-state index contributed by atoms with van der Waals surface area (Å²) in [6.07, 6.45) is 11.2. The van der Waals surface area contributed by atoms with Crippen molar-refractivity contribution in [3.8, 4) is 0 Å². The largest absolute Gasteiger partial charge is 0.352 e. The fourth-order valence-electron chi connectivity index (χ4n) is 2.47. The second-order valence-corrected chi connectivity index (χ2v) is 5.89. The van der Waals surface area contributed by atoms with Crippen LogP contribution in [-0.4, -0.2) is 17.4 Å². The van der Waals surface area contributed by atoms with Crippen molar-refractivity contribution < 1.29 is 9.72 Å². The third kappa shape index (κ3) is 8.33. The Labute approximate surface area is 138 Å². The molecule has 0 aromatic heterocycles. The second-order valence-electron chi connectivity index (χ2n) is 5.89. The maximum atomic E-state index is 11.9. The van der Waals surface area contributed by atoms with Crippen LogP contribution in [0.25, 0.3) is 0 Å². The number of nitro groups is 1. The Morgan fingerprint density at radius 1 is 0.957 bits per heavy atom. The van der Waals surface area contributed by atoms with Gasteiger partial charge in [0.1, 0.15) is 0 Å². The van der Waals surface area contributed by atoms with Crippen molar-refractivity contribution in [3.63, 3.8) is 0 Å². The predicted molar refractivity (Wildman–Crippen MR) is 92.7 cm³/mol. The summed E-state index contributed by atoms with van der Waals surface area (Å²) in [5.41, 5.74) is 0.465. The molecule has 0 aliphatic heterocycles. The van der Waals surface area contributed by atoms with Crippen LogP contribution in [0.3, 0.4) is 0 Å². The van der Waals surface area contributed by atoms with Gasteiger partial charge in [0.2, 0.25) is 0 Å². The molecular formula is C18H28N2O3. The number of hydrogen-bond donors (Lipinski definition) is 1. The van der Waals surface area contributed by atoms with Gasteiger partial charge in [0.05, 0.1) is 4.92 Å². The molecule has 5 nitrogen and oxygen atoms in total. The monoisotopic (exact) mass is 320 g/mol. The van der Waals surface area contributed by atoms with Gasteiger partial charge in [-0.1, -0.05) is 58.3 Å². The number of non-ortho nitro benzene ring substituents is 1. The summed E-state index contributed by atoms with van der Waals surface area (Å²) >= 11 is 0. The summed E-state index contributed by atoms with van der Waals surface area (Å²) in [7, 11) is 0. The molecule has 0 radical (unpaired) electrons. The van der Waals surface area contributed by atoms with Crippen LogP contribution in [-0.2, 0) is 0 Å². The SMILES string of the molecule is CCCCCCCCCCCNC(=O)c1ccc([N+](=O)[O-])cc1. The van der Waals surface area contributed by atoms with Crippen LogP contribution in [0.5, 0.6) is 0 Å². The number of carbonyl (C=O) groups excluding carboxylic acids is 1. The zero-order valence-electron chi connectivity index (χ0n) is 14.1. The first-order valence-electron chi connectivity index (χ1n) is 8.67. The van der Waals surface area contributed by atoms with Gasteiger partial charge in [-0.2, -0.15) is 0 Å². The standard InChI is InChI=1S/C18H28N2O3/c1-2-3-4-5-6-7-8-9-10-15-19-18(21)16-11-13-17(14-12-16)20(22)23/h11-14H,2-10,15H2,1H3,(H,19,21). The van der Waals surface area contributed by atoms with E-state index < -0.39 is 4.92 Å². The predicted octanol–water partition coefficient (Wildman–Crippen LogP) is 4.86. The van der Waals surface area contributed by atoms with Crippen LogP contribution >= 0.6 is 0 Å². The van der Waals surface area contributed by atoms with Crippen LogP contribution in [0.2, 0.25) is 0 Å². The highest BCUT2D eigenvalue weighted by Crippen LogP contribution is 2.12. The molecule has 0 atom stereocenters. The van der Waals surface area contributed by atoms with Crippen LogP contribution in [0.4, 0.5) is 5.69 Å². The molecule has 0 fully saturated rings. The first-order valence-corrected chi connectivity index (χ1v) is 8.67. The van der Waals surface area contributed by atoms with E-state index in [1.165, 1.54) is 69.2 Å². The molecule has 0 heterocycles. The molecular weight excluding hydrogens is 292 g/mol. The molecule has 1 aromatic rings. The first kappa shape index (κ1) is 19.1. The highest BCUT2D eigenvalue weighted by Gasteiger charge is 2.08. The third-order valence-corrected chi connectivity index (χ3v) is 3.91. The Morgan fingerprint density at radius 2 is 1.48 bits per heavy atom. The van der Waals surface area contributed by atoms with E-state index in [-0.39, 0.29) is 11.6 Å². The van der Waals surface area contributed by atoms with E-state index in [4.69, 9.17) is 0 Å². The maximum absolute atomic E-state index is 11.9. The lowest BCUT2D eigenvalue weighted by molar-refractivity contribution is -0.384. The van der Waals surface area contributed by atoms with Gasteiger partial charge < -0.3 is 5.32 Å². The molecule has 5 heteroatoms. The van der Waals surface area contributed by atoms with E-state index in [0.29, 0.717) is 12.1 Å². The van der Waals surface area contributed by atoms with Crippen molar-refractivity contribution in [1.82, 2.24) is 5.32 Å². The Kier molecular flexibility index (Phi) is 9.68. The van der Waals surface area contributed by atoms with Crippen molar-refractivity contribution in [3.05, 3.63) is 39.9 Å². The number of rotatable bonds is 12. The average Bonchev–Trinajstić information content (AvgIpc) is 2.56. The minimum atomic E-state index is -0.468. The number of nitro benzene ring substituents is 1. The minimum absolute atomic E-state index is 0.000451. The highest BCUT2D eigenvalue weighted by molar-refractivity contribution is 5.94. The molecule has 1 rings (SSSR count). The summed E-state index contributed by atoms with van der Waals surface area (Å²) < 4.78 is 0. The number of nitrogens with zero attached hydrogens (tertiary/aromatic N) is 1. The van der Waals surface area contributed by atoms with Crippen LogP contribution in [0, 0.1) is 10.1 Å². The van der Waals surface area contributed by atoms with Gasteiger partial charge in [-0.15, -0.1) is 0 Å². The van der Waals surface area contributed by atoms with E-state index in [2.05, 4.69) is 12.2 Å². The van der Waals surface area contributed by atoms with Gasteiger partial charge in [0.25, 0.3) is 11.6 Å². The van der Waals surface area contributed by atoms with Crippen molar-refractivity contribution in [2.24, 2.45) is 0 Å². The lowest BCUT2D eigenvalue weighted by Crippen LogP contribution is -2.24. The zero-order chi connectivity index (χ0) is 16.9. The fraction of sp³-hybridized carbons (Fsp3) is 0.611. The normalized spacial score (nSPS) is 10.5. The first-order chi connectivity index (χ1) is 11.1. The number of nitrogens with one attached hydrogen (secondary N) is 1. The van der Waals surface area contributed by atoms with Gasteiger partial charge in [-0.05, 0) is 18.6 Å². The molecule has 0 saturated carbocycles. The summed E-state index contributed by atoms with van der Waals surface area (Å²) in [4.78, 5) is 22.0. The van der Waals surface area contributed by atoms with E-state index >= 15 is 0 Å². The topological polar surface area (TPSA) is 72.2 Å². The van der Waals surface area contributed by atoms with Crippen LogP contribution in [0.1, 0.15) is 75.1 Å². The van der Waals surface area contributed by atoms with Crippen LogP contribution in [0.15, 0.2) is 24.3 Å². The van der Waals surface area contributed by atoms with E-state index in [1.807, 2.05) is 0 Å². The van der Waals surface area contributed by atoms with Crippen molar-refractivity contribution in [2.45, 2.75) is 64.7 Å². The summed E-state index contributed by atoms with van der Waals surface area (Å²) in [6.45, 7) is 2.89. The highest BCUT2D eigenvalue weighted by atomic mass is 16.6. The van der Waals surface area contributed by atoms with E-state index in [9.17, 15) is 14.9 Å². The molecule has 0 aliphatic rings. The van der Waals surface area contributed by atoms with E-state index in [0.717, 1.165) is 12.8 Å². The lowest BCUT2D eigenvalue weighted by Gasteiger charge is -2.05. The maximum Gasteiger partial charge on any atom is 0.269 e. The fourth-order valence-corrected chi connectivity index (χ4v) is 2.47. The molecule has 1 N–H and O–H groups in total.